The molecule has 2 heterocycles. The summed E-state index contributed by atoms with van der Waals surface area (Å²) >= 11 is 0. The van der Waals surface area contributed by atoms with Crippen molar-refractivity contribution < 1.29 is 22.7 Å². The van der Waals surface area contributed by atoms with E-state index in [-0.39, 0.29) is 10.5 Å². The normalized spacial score (nSPS) is 15.6. The summed E-state index contributed by atoms with van der Waals surface area (Å²) < 4.78 is 39.2. The first-order chi connectivity index (χ1) is 14.3. The minimum atomic E-state index is -3.63. The molecule has 158 valence electrons. The molecular formula is C21H23N3O5S. The third kappa shape index (κ3) is 4.16. The number of carbonyl (C=O) groups is 1. The van der Waals surface area contributed by atoms with Gasteiger partial charge in [0.1, 0.15) is 11.6 Å². The van der Waals surface area contributed by atoms with Crippen molar-refractivity contribution in [1.29, 1.82) is 5.26 Å². The molecule has 0 unspecified atom stereocenters. The first-order valence-electron chi connectivity index (χ1n) is 9.37. The summed E-state index contributed by atoms with van der Waals surface area (Å²) in [7, 11) is -2.41. The molecule has 0 saturated carbocycles. The lowest BCUT2D eigenvalue weighted by Gasteiger charge is -2.26. The molecule has 0 spiro atoms. The lowest BCUT2D eigenvalue weighted by Crippen LogP contribution is -2.40. The average molecular weight is 429 g/mol. The van der Waals surface area contributed by atoms with E-state index in [4.69, 9.17) is 4.74 Å². The largest absolute Gasteiger partial charge is 0.465 e. The Balaban J connectivity index is 2.03. The summed E-state index contributed by atoms with van der Waals surface area (Å²) in [5, 5.41) is 9.22. The first kappa shape index (κ1) is 21.8. The number of hydrogen-bond donors (Lipinski definition) is 0. The highest BCUT2D eigenvalue weighted by Crippen LogP contribution is 2.26. The van der Waals surface area contributed by atoms with E-state index >= 15 is 0 Å². The highest BCUT2D eigenvalue weighted by molar-refractivity contribution is 7.89. The predicted octanol–water partition coefficient (Wildman–Crippen LogP) is 2.20. The number of morpholine rings is 1. The Hall–Kier alpha value is -2.93. The van der Waals surface area contributed by atoms with E-state index in [1.165, 1.54) is 17.5 Å². The van der Waals surface area contributed by atoms with Crippen LogP contribution in [0.5, 0.6) is 0 Å². The number of ether oxygens (including phenoxy) is 2. The number of hydrogen-bond acceptors (Lipinski definition) is 6. The molecule has 30 heavy (non-hydrogen) atoms. The fraction of sp³-hybridized carbons (Fsp3) is 0.333. The maximum absolute atomic E-state index is 13.0. The summed E-state index contributed by atoms with van der Waals surface area (Å²) in [4.78, 5) is 11.9. The van der Waals surface area contributed by atoms with Gasteiger partial charge in [0.25, 0.3) is 0 Å². The van der Waals surface area contributed by atoms with Gasteiger partial charge >= 0.3 is 5.97 Å². The Kier molecular flexibility index (Phi) is 6.41. The molecule has 1 aromatic carbocycles. The van der Waals surface area contributed by atoms with Gasteiger partial charge < -0.3 is 14.0 Å². The molecule has 0 radical (unpaired) electrons. The van der Waals surface area contributed by atoms with Gasteiger partial charge in [-0.1, -0.05) is 6.07 Å². The zero-order chi connectivity index (χ0) is 21.9. The van der Waals surface area contributed by atoms with Crippen LogP contribution in [0, 0.1) is 25.2 Å². The van der Waals surface area contributed by atoms with E-state index in [0.717, 1.165) is 11.4 Å². The molecule has 1 aliphatic rings. The number of benzene rings is 1. The first-order valence-corrected chi connectivity index (χ1v) is 10.8. The molecule has 3 rings (SSSR count). The Morgan fingerprint density at radius 1 is 1.23 bits per heavy atom. The van der Waals surface area contributed by atoms with E-state index in [1.807, 2.05) is 36.6 Å². The van der Waals surface area contributed by atoms with Crippen LogP contribution in [0.3, 0.4) is 0 Å². The molecule has 1 fully saturated rings. The van der Waals surface area contributed by atoms with Crippen LogP contribution in [0.25, 0.3) is 11.8 Å². The van der Waals surface area contributed by atoms with Gasteiger partial charge in [0, 0.05) is 30.2 Å². The smallest absolute Gasteiger partial charge is 0.348 e. The van der Waals surface area contributed by atoms with Crippen LogP contribution < -0.4 is 0 Å². The predicted molar refractivity (Wildman–Crippen MR) is 110 cm³/mol. The molecular weight excluding hydrogens is 406 g/mol. The van der Waals surface area contributed by atoms with Crippen molar-refractivity contribution >= 4 is 22.1 Å². The number of rotatable bonds is 5. The molecule has 1 aromatic heterocycles. The number of aryl methyl sites for hydroxylation is 1. The molecule has 0 amide bonds. The number of nitrogens with zero attached hydrogens (tertiary/aromatic N) is 3. The summed E-state index contributed by atoms with van der Waals surface area (Å²) in [5.41, 5.74) is 2.85. The van der Waals surface area contributed by atoms with Crippen LogP contribution >= 0.6 is 0 Å². The van der Waals surface area contributed by atoms with Gasteiger partial charge in [0.05, 0.1) is 25.2 Å². The lowest BCUT2D eigenvalue weighted by molar-refractivity contribution is -0.135. The maximum atomic E-state index is 13.0. The van der Waals surface area contributed by atoms with Gasteiger partial charge in [-0.25, -0.2) is 13.2 Å². The fourth-order valence-electron chi connectivity index (χ4n) is 3.45. The number of nitriles is 1. The molecule has 2 aromatic rings. The molecule has 1 saturated heterocycles. The van der Waals surface area contributed by atoms with Gasteiger partial charge in [-0.15, -0.1) is 0 Å². The summed E-state index contributed by atoms with van der Waals surface area (Å²) in [6.07, 6.45) is 1.47. The second-order valence-corrected chi connectivity index (χ2v) is 8.78. The minimum absolute atomic E-state index is 0.110. The van der Waals surface area contributed by atoms with Gasteiger partial charge in [-0.3, -0.25) is 0 Å². The SMILES string of the molecule is COC(=O)/C(C#N)=C/c1cc(C)n(-c2cccc(S(=O)(=O)N3CCOCC3)c2)c1C. The van der Waals surface area contributed by atoms with Crippen LogP contribution in [-0.2, 0) is 24.3 Å². The van der Waals surface area contributed by atoms with Crippen LogP contribution in [0.15, 0.2) is 40.8 Å². The Morgan fingerprint density at radius 2 is 1.93 bits per heavy atom. The van der Waals surface area contributed by atoms with Crippen molar-refractivity contribution in [3.8, 4) is 11.8 Å². The lowest BCUT2D eigenvalue weighted by atomic mass is 10.1. The van der Waals surface area contributed by atoms with E-state index in [2.05, 4.69) is 4.74 Å². The zero-order valence-electron chi connectivity index (χ0n) is 17.1. The van der Waals surface area contributed by atoms with Crippen molar-refractivity contribution in [2.24, 2.45) is 0 Å². The third-order valence-corrected chi connectivity index (χ3v) is 6.87. The Bertz CT molecular complexity index is 1140. The van der Waals surface area contributed by atoms with E-state index < -0.39 is 16.0 Å². The Morgan fingerprint density at radius 3 is 2.57 bits per heavy atom. The van der Waals surface area contributed by atoms with Gasteiger partial charge in [-0.05, 0) is 49.8 Å². The van der Waals surface area contributed by atoms with Crippen LogP contribution in [0.4, 0.5) is 0 Å². The second-order valence-electron chi connectivity index (χ2n) is 6.84. The molecule has 0 aliphatic carbocycles. The van der Waals surface area contributed by atoms with Crippen molar-refractivity contribution in [2.45, 2.75) is 18.7 Å². The van der Waals surface area contributed by atoms with Crippen molar-refractivity contribution in [3.63, 3.8) is 0 Å². The molecule has 8 nitrogen and oxygen atoms in total. The number of esters is 1. The minimum Gasteiger partial charge on any atom is -0.465 e. The monoisotopic (exact) mass is 429 g/mol. The third-order valence-electron chi connectivity index (χ3n) is 4.98. The maximum Gasteiger partial charge on any atom is 0.348 e. The zero-order valence-corrected chi connectivity index (χ0v) is 17.9. The molecule has 0 N–H and O–H groups in total. The van der Waals surface area contributed by atoms with Gasteiger partial charge in [-0.2, -0.15) is 9.57 Å². The average Bonchev–Trinajstić information content (AvgIpc) is 3.04. The molecule has 0 atom stereocenters. The quantitative estimate of drug-likeness (QED) is 0.410. The van der Waals surface area contributed by atoms with Crippen molar-refractivity contribution in [3.05, 3.63) is 52.9 Å². The number of sulfonamides is 1. The molecule has 1 aliphatic heterocycles. The van der Waals surface area contributed by atoms with Gasteiger partial charge in [0.15, 0.2) is 0 Å². The van der Waals surface area contributed by atoms with Crippen LogP contribution in [0.1, 0.15) is 17.0 Å². The highest BCUT2D eigenvalue weighted by atomic mass is 32.2. The number of carbonyl (C=O) groups excluding carboxylic acids is 1. The standard InChI is InChI=1S/C21H23N3O5S/c1-15-11-17(12-18(14-22)21(25)28-3)16(2)24(15)19-5-4-6-20(13-19)30(26,27)23-7-9-29-10-8-23/h4-6,11-13H,7-10H2,1-3H3/b18-12+. The summed E-state index contributed by atoms with van der Waals surface area (Å²) in [5.74, 6) is -0.707. The summed E-state index contributed by atoms with van der Waals surface area (Å²) in [6.45, 7) is 5.13. The van der Waals surface area contributed by atoms with Crippen molar-refractivity contribution in [1.82, 2.24) is 8.87 Å². The van der Waals surface area contributed by atoms with E-state index in [0.29, 0.717) is 37.6 Å². The number of aromatic nitrogens is 1. The van der Waals surface area contributed by atoms with Crippen LogP contribution in [0.2, 0.25) is 0 Å². The topological polar surface area (TPSA) is 102 Å². The fourth-order valence-corrected chi connectivity index (χ4v) is 4.90. The molecule has 0 bridgehead atoms. The van der Waals surface area contributed by atoms with E-state index in [1.54, 1.807) is 18.2 Å². The highest BCUT2D eigenvalue weighted by Gasteiger charge is 2.26. The summed E-state index contributed by atoms with van der Waals surface area (Å²) in [6, 6.07) is 10.4. The molecule has 9 heteroatoms. The number of methoxy groups -OCH3 is 1. The van der Waals surface area contributed by atoms with Crippen LogP contribution in [-0.4, -0.2) is 56.7 Å². The van der Waals surface area contributed by atoms with Gasteiger partial charge in [0.2, 0.25) is 10.0 Å². The van der Waals surface area contributed by atoms with E-state index in [9.17, 15) is 18.5 Å². The second kappa shape index (κ2) is 8.83. The Labute approximate surface area is 176 Å². The van der Waals surface area contributed by atoms with Crippen molar-refractivity contribution in [2.75, 3.05) is 33.4 Å².